The van der Waals surface area contributed by atoms with E-state index in [0.717, 1.165) is 96.1 Å². The summed E-state index contributed by atoms with van der Waals surface area (Å²) in [6.45, 7) is 35.8. The summed E-state index contributed by atoms with van der Waals surface area (Å²) in [7, 11) is 0. The van der Waals surface area contributed by atoms with Crippen LogP contribution in [0, 0.1) is 0 Å². The Bertz CT molecular complexity index is 672. The molecule has 0 N–H and O–H groups in total. The first-order valence-electron chi connectivity index (χ1n) is 14.8. The van der Waals surface area contributed by atoms with Gasteiger partial charge in [0.25, 0.3) is 0 Å². The fourth-order valence-electron chi connectivity index (χ4n) is 5.79. The summed E-state index contributed by atoms with van der Waals surface area (Å²) in [6.07, 6.45) is 0.0437. The van der Waals surface area contributed by atoms with Crippen molar-refractivity contribution in [3.63, 3.8) is 0 Å². The molecule has 0 aliphatic rings. The molecule has 0 aromatic heterocycles. The van der Waals surface area contributed by atoms with Crippen LogP contribution >= 0.6 is 0 Å². The normalized spacial score (nSPS) is 14.4. The summed E-state index contributed by atoms with van der Waals surface area (Å²) in [4.78, 5) is 0. The van der Waals surface area contributed by atoms with Gasteiger partial charge < -0.3 is 18.7 Å². The summed E-state index contributed by atoms with van der Waals surface area (Å²) in [5, 5.41) is 0. The molecule has 36 heavy (non-hydrogen) atoms. The van der Waals surface area contributed by atoms with Crippen LogP contribution in [-0.2, 0) is 0 Å². The molecule has 2 atom stereocenters. The fourth-order valence-corrected chi connectivity index (χ4v) is 5.79. The third-order valence-corrected chi connectivity index (χ3v) is 9.68. The molecule has 6 heteroatoms. The molecular weight excluding hydrogens is 450 g/mol. The molecule has 0 bridgehead atoms. The van der Waals surface area contributed by atoms with Crippen LogP contribution in [0.3, 0.4) is 0 Å². The number of quaternary nitrogens is 3. The summed E-state index contributed by atoms with van der Waals surface area (Å²) in [5.41, 5.74) is 0. The van der Waals surface area contributed by atoms with Crippen molar-refractivity contribution in [2.24, 2.45) is 0 Å². The molecule has 0 saturated carbocycles. The molecule has 0 aliphatic carbocycles. The van der Waals surface area contributed by atoms with E-state index in [0.29, 0.717) is 6.61 Å². The van der Waals surface area contributed by atoms with Crippen molar-refractivity contribution in [3.05, 3.63) is 18.2 Å². The first-order chi connectivity index (χ1) is 17.2. The SMILES string of the molecule is CC[N+](CC)(CC)CCOc1c(OC(C)[N+](CC)(CC)CC)cccc1OC(C)[N+](CC)(CC)CC. The topological polar surface area (TPSA) is 27.7 Å². The van der Waals surface area contributed by atoms with Crippen LogP contribution < -0.4 is 14.2 Å². The monoisotopic (exact) mass is 510 g/mol. The smallest absolute Gasteiger partial charge is 0.231 e. The van der Waals surface area contributed by atoms with Gasteiger partial charge in [-0.15, -0.1) is 0 Å². The first-order valence-corrected chi connectivity index (χ1v) is 14.8. The zero-order valence-corrected chi connectivity index (χ0v) is 25.7. The third-order valence-electron chi connectivity index (χ3n) is 9.68. The van der Waals surface area contributed by atoms with Crippen LogP contribution in [-0.4, -0.2) is 98.0 Å². The van der Waals surface area contributed by atoms with E-state index in [1.54, 1.807) is 0 Å². The maximum absolute atomic E-state index is 6.69. The lowest BCUT2D eigenvalue weighted by Crippen LogP contribution is -2.56. The minimum absolute atomic E-state index is 0.0219. The second-order valence-electron chi connectivity index (χ2n) is 10.2. The van der Waals surface area contributed by atoms with Gasteiger partial charge in [-0.25, -0.2) is 0 Å². The predicted octanol–water partition coefficient (Wildman–Crippen LogP) is 6.14. The van der Waals surface area contributed by atoms with Crippen LogP contribution in [0.1, 0.15) is 76.2 Å². The van der Waals surface area contributed by atoms with Gasteiger partial charge in [-0.1, -0.05) is 6.07 Å². The van der Waals surface area contributed by atoms with Gasteiger partial charge in [-0.2, -0.15) is 0 Å². The number of rotatable bonds is 19. The van der Waals surface area contributed by atoms with Gasteiger partial charge in [-0.05, 0) is 74.4 Å². The highest BCUT2D eigenvalue weighted by Gasteiger charge is 2.34. The van der Waals surface area contributed by atoms with Crippen LogP contribution in [0.2, 0.25) is 0 Å². The van der Waals surface area contributed by atoms with Gasteiger partial charge in [0.2, 0.25) is 18.2 Å². The Kier molecular flexibility index (Phi) is 13.6. The molecule has 0 heterocycles. The van der Waals surface area contributed by atoms with E-state index in [1.807, 2.05) is 18.2 Å². The van der Waals surface area contributed by atoms with Crippen LogP contribution in [0.4, 0.5) is 0 Å². The highest BCUT2D eigenvalue weighted by Crippen LogP contribution is 2.40. The first kappa shape index (κ1) is 32.5. The second kappa shape index (κ2) is 15.0. The van der Waals surface area contributed by atoms with Gasteiger partial charge in [0.05, 0.1) is 58.9 Å². The summed E-state index contributed by atoms with van der Waals surface area (Å²) >= 11 is 0. The Labute approximate surface area is 223 Å². The summed E-state index contributed by atoms with van der Waals surface area (Å²) in [6, 6.07) is 6.13. The summed E-state index contributed by atoms with van der Waals surface area (Å²) < 4.78 is 22.8. The molecule has 1 aromatic carbocycles. The van der Waals surface area contributed by atoms with Crippen molar-refractivity contribution in [2.45, 2.75) is 88.6 Å². The van der Waals surface area contributed by atoms with E-state index in [9.17, 15) is 0 Å². The Morgan fingerprint density at radius 1 is 0.583 bits per heavy atom. The van der Waals surface area contributed by atoms with E-state index in [1.165, 1.54) is 0 Å². The van der Waals surface area contributed by atoms with Crippen molar-refractivity contribution in [1.29, 1.82) is 0 Å². The Morgan fingerprint density at radius 2 is 0.944 bits per heavy atom. The van der Waals surface area contributed by atoms with Gasteiger partial charge in [-0.3, -0.25) is 8.97 Å². The van der Waals surface area contributed by atoms with E-state index >= 15 is 0 Å². The molecule has 0 amide bonds. The maximum Gasteiger partial charge on any atom is 0.231 e. The number of para-hydroxylation sites is 1. The molecule has 1 rings (SSSR count). The number of likely N-dealkylation sites (N-methyl/N-ethyl adjacent to an activating group) is 1. The number of benzene rings is 1. The maximum atomic E-state index is 6.69. The van der Waals surface area contributed by atoms with Crippen molar-refractivity contribution in [2.75, 3.05) is 72.1 Å². The van der Waals surface area contributed by atoms with Crippen LogP contribution in [0.5, 0.6) is 17.2 Å². The Balaban J connectivity index is 3.39. The molecule has 2 unspecified atom stereocenters. The standard InChI is InChI=1S/C30H60N3O3/c1-12-31(13-2,14-3)24-25-34-30-28(35-26(10)32(15-4,16-5)17-6)22-21-23-29(30)36-27(11)33(18-7,19-8)20-9/h21-23,26-27H,12-20,24-25H2,1-11H3/q+3. The van der Waals surface area contributed by atoms with Crippen LogP contribution in [0.25, 0.3) is 0 Å². The minimum atomic E-state index is 0.0219. The predicted molar refractivity (Wildman–Crippen MR) is 153 cm³/mol. The quantitative estimate of drug-likeness (QED) is 0.165. The Morgan fingerprint density at radius 3 is 1.25 bits per heavy atom. The lowest BCUT2D eigenvalue weighted by molar-refractivity contribution is -0.961. The molecule has 0 aliphatic heterocycles. The number of hydrogen-bond acceptors (Lipinski definition) is 3. The lowest BCUT2D eigenvalue weighted by Gasteiger charge is -2.41. The average Bonchev–Trinajstić information content (AvgIpc) is 2.91. The molecule has 0 fully saturated rings. The number of ether oxygens (including phenoxy) is 3. The average molecular weight is 511 g/mol. The zero-order chi connectivity index (χ0) is 27.4. The zero-order valence-electron chi connectivity index (χ0n) is 25.7. The number of hydrogen-bond donors (Lipinski definition) is 0. The van der Waals surface area contributed by atoms with Gasteiger partial charge >= 0.3 is 0 Å². The largest absolute Gasteiger partial charge is 0.480 e. The molecular formula is C30H60N3O3+3. The van der Waals surface area contributed by atoms with E-state index in [4.69, 9.17) is 14.2 Å². The molecule has 6 nitrogen and oxygen atoms in total. The summed E-state index contributed by atoms with van der Waals surface area (Å²) in [5.74, 6) is 2.32. The molecule has 0 saturated heterocycles. The van der Waals surface area contributed by atoms with E-state index < -0.39 is 0 Å². The Hall–Kier alpha value is -1.50. The van der Waals surface area contributed by atoms with Gasteiger partial charge in [0, 0.05) is 13.8 Å². The lowest BCUT2D eigenvalue weighted by atomic mass is 10.2. The highest BCUT2D eigenvalue weighted by atomic mass is 16.6. The molecule has 210 valence electrons. The van der Waals surface area contributed by atoms with Gasteiger partial charge in [0.15, 0.2) is 11.5 Å². The van der Waals surface area contributed by atoms with Crippen molar-refractivity contribution < 1.29 is 27.7 Å². The van der Waals surface area contributed by atoms with Crippen molar-refractivity contribution >= 4 is 0 Å². The van der Waals surface area contributed by atoms with Crippen molar-refractivity contribution in [1.82, 2.24) is 0 Å². The minimum Gasteiger partial charge on any atom is -0.480 e. The second-order valence-corrected chi connectivity index (χ2v) is 10.2. The van der Waals surface area contributed by atoms with Crippen molar-refractivity contribution in [3.8, 4) is 17.2 Å². The highest BCUT2D eigenvalue weighted by molar-refractivity contribution is 5.51. The van der Waals surface area contributed by atoms with Gasteiger partial charge in [0.1, 0.15) is 13.2 Å². The third kappa shape index (κ3) is 7.29. The molecule has 1 aromatic rings. The fraction of sp³-hybridized carbons (Fsp3) is 0.800. The molecule has 0 radical (unpaired) electrons. The van der Waals surface area contributed by atoms with E-state index in [2.05, 4.69) is 76.2 Å². The number of nitrogens with zero attached hydrogens (tertiary/aromatic N) is 3. The van der Waals surface area contributed by atoms with E-state index in [-0.39, 0.29) is 12.5 Å². The van der Waals surface area contributed by atoms with Crippen LogP contribution in [0.15, 0.2) is 18.2 Å². The molecule has 0 spiro atoms.